The summed E-state index contributed by atoms with van der Waals surface area (Å²) in [6, 6.07) is 18.5. The third-order valence-electron chi connectivity index (χ3n) is 5.16. The molecule has 0 unspecified atom stereocenters. The molecule has 0 radical (unpaired) electrons. The minimum absolute atomic E-state index is 0.663. The Kier molecular flexibility index (Phi) is 5.96. The molecule has 3 aromatic rings. The van der Waals surface area contributed by atoms with E-state index < -0.39 is 0 Å². The van der Waals surface area contributed by atoms with Crippen LogP contribution in [0.25, 0.3) is 11.1 Å². The third kappa shape index (κ3) is 4.51. The number of hydrogen-bond donors (Lipinski definition) is 0. The van der Waals surface area contributed by atoms with Gasteiger partial charge in [-0.05, 0) is 41.3 Å². The molecule has 0 bridgehead atoms. The fourth-order valence-electron chi connectivity index (χ4n) is 3.75. The molecule has 29 heavy (non-hydrogen) atoms. The molecule has 5 heteroatoms. The number of pyridine rings is 1. The van der Waals surface area contributed by atoms with Gasteiger partial charge in [-0.1, -0.05) is 30.3 Å². The van der Waals surface area contributed by atoms with Gasteiger partial charge in [0.2, 0.25) is 5.88 Å². The average molecular weight is 390 g/mol. The van der Waals surface area contributed by atoms with E-state index in [4.69, 9.17) is 14.2 Å². The van der Waals surface area contributed by atoms with Crippen LogP contribution in [0, 0.1) is 0 Å². The summed E-state index contributed by atoms with van der Waals surface area (Å²) in [5.74, 6) is 2.35. The summed E-state index contributed by atoms with van der Waals surface area (Å²) in [4.78, 5) is 6.95. The van der Waals surface area contributed by atoms with E-state index in [0.29, 0.717) is 6.61 Å². The van der Waals surface area contributed by atoms with Crippen LogP contribution in [0.3, 0.4) is 0 Å². The van der Waals surface area contributed by atoms with Gasteiger partial charge in [0.15, 0.2) is 0 Å². The standard InChI is InChI=1S/C24H26N2O3/c1-27-20-13-18(14-21(15-20)28-2)16-26-11-6-12-29-24-23(17-26)22(9-10-25-24)19-7-4-3-5-8-19/h3-5,7-10,13-15H,6,11-12,16-17H2,1-2H3. The third-order valence-corrected chi connectivity index (χ3v) is 5.16. The van der Waals surface area contributed by atoms with Crippen molar-refractivity contribution >= 4 is 0 Å². The lowest BCUT2D eigenvalue weighted by Crippen LogP contribution is -2.28. The summed E-state index contributed by atoms with van der Waals surface area (Å²) in [5.41, 5.74) is 4.65. The second-order valence-electron chi connectivity index (χ2n) is 7.14. The summed E-state index contributed by atoms with van der Waals surface area (Å²) < 4.78 is 16.9. The van der Waals surface area contributed by atoms with Crippen molar-refractivity contribution in [1.29, 1.82) is 0 Å². The van der Waals surface area contributed by atoms with Crippen LogP contribution in [0.1, 0.15) is 17.5 Å². The molecule has 150 valence electrons. The van der Waals surface area contributed by atoms with Crippen molar-refractivity contribution < 1.29 is 14.2 Å². The van der Waals surface area contributed by atoms with Crippen LogP contribution < -0.4 is 14.2 Å². The van der Waals surface area contributed by atoms with Gasteiger partial charge in [0.25, 0.3) is 0 Å². The fraction of sp³-hybridized carbons (Fsp3) is 0.292. The van der Waals surface area contributed by atoms with Crippen molar-refractivity contribution in [3.8, 4) is 28.5 Å². The van der Waals surface area contributed by atoms with Crippen molar-refractivity contribution in [2.24, 2.45) is 0 Å². The van der Waals surface area contributed by atoms with Gasteiger partial charge in [0.05, 0.1) is 20.8 Å². The molecule has 0 spiro atoms. The molecule has 0 saturated heterocycles. The van der Waals surface area contributed by atoms with Gasteiger partial charge in [0, 0.05) is 37.5 Å². The maximum Gasteiger partial charge on any atom is 0.218 e. The Balaban J connectivity index is 1.66. The number of fused-ring (bicyclic) bond motifs is 1. The summed E-state index contributed by atoms with van der Waals surface area (Å²) >= 11 is 0. The van der Waals surface area contributed by atoms with Crippen molar-refractivity contribution in [3.63, 3.8) is 0 Å². The highest BCUT2D eigenvalue weighted by molar-refractivity contribution is 5.68. The number of rotatable bonds is 5. The van der Waals surface area contributed by atoms with E-state index in [1.165, 1.54) is 11.1 Å². The molecular weight excluding hydrogens is 364 g/mol. The number of benzene rings is 2. The van der Waals surface area contributed by atoms with Crippen LogP contribution >= 0.6 is 0 Å². The smallest absolute Gasteiger partial charge is 0.218 e. The highest BCUT2D eigenvalue weighted by atomic mass is 16.5. The number of methoxy groups -OCH3 is 2. The predicted octanol–water partition coefficient (Wildman–Crippen LogP) is 4.55. The maximum atomic E-state index is 5.98. The minimum Gasteiger partial charge on any atom is -0.497 e. The predicted molar refractivity (Wildman–Crippen MR) is 113 cm³/mol. The van der Waals surface area contributed by atoms with E-state index in [1.807, 2.05) is 18.3 Å². The van der Waals surface area contributed by atoms with Gasteiger partial charge < -0.3 is 14.2 Å². The molecule has 2 aromatic carbocycles. The first-order valence-electron chi connectivity index (χ1n) is 9.87. The van der Waals surface area contributed by atoms with E-state index in [0.717, 1.165) is 54.6 Å². The number of nitrogens with zero attached hydrogens (tertiary/aromatic N) is 2. The van der Waals surface area contributed by atoms with Gasteiger partial charge in [-0.15, -0.1) is 0 Å². The Morgan fingerprint density at radius 2 is 1.76 bits per heavy atom. The van der Waals surface area contributed by atoms with Crippen LogP contribution in [0.5, 0.6) is 17.4 Å². The maximum absolute atomic E-state index is 5.98. The van der Waals surface area contributed by atoms with E-state index in [-0.39, 0.29) is 0 Å². The molecule has 1 aliphatic rings. The summed E-state index contributed by atoms with van der Waals surface area (Å²) in [6.45, 7) is 3.18. The lowest BCUT2D eigenvalue weighted by molar-refractivity contribution is 0.195. The van der Waals surface area contributed by atoms with Gasteiger partial charge in [-0.25, -0.2) is 4.98 Å². The molecule has 0 N–H and O–H groups in total. The lowest BCUT2D eigenvalue weighted by Gasteiger charge is -2.27. The zero-order chi connectivity index (χ0) is 20.1. The van der Waals surface area contributed by atoms with Crippen LogP contribution in [0.4, 0.5) is 0 Å². The summed E-state index contributed by atoms with van der Waals surface area (Å²) in [7, 11) is 3.36. The molecule has 2 heterocycles. The molecule has 1 aromatic heterocycles. The van der Waals surface area contributed by atoms with Crippen molar-refractivity contribution in [3.05, 3.63) is 71.9 Å². The highest BCUT2D eigenvalue weighted by Gasteiger charge is 2.19. The first kappa shape index (κ1) is 19.3. The monoisotopic (exact) mass is 390 g/mol. The first-order valence-corrected chi connectivity index (χ1v) is 9.87. The quantitative estimate of drug-likeness (QED) is 0.639. The SMILES string of the molecule is COc1cc(CN2CCCOc3nccc(-c4ccccc4)c3C2)cc(OC)c1. The Labute approximate surface area is 171 Å². The molecule has 4 rings (SSSR count). The molecule has 0 amide bonds. The van der Waals surface area contributed by atoms with E-state index in [2.05, 4.69) is 52.3 Å². The van der Waals surface area contributed by atoms with E-state index in [9.17, 15) is 0 Å². The molecule has 0 saturated carbocycles. The first-order chi connectivity index (χ1) is 14.3. The highest BCUT2D eigenvalue weighted by Crippen LogP contribution is 2.32. The molecule has 0 fully saturated rings. The van der Waals surface area contributed by atoms with Crippen LogP contribution in [0.2, 0.25) is 0 Å². The Hall–Kier alpha value is -3.05. The lowest BCUT2D eigenvalue weighted by atomic mass is 10.0. The van der Waals surface area contributed by atoms with Crippen molar-refractivity contribution in [1.82, 2.24) is 9.88 Å². The number of aromatic nitrogens is 1. The summed E-state index contributed by atoms with van der Waals surface area (Å²) in [5, 5.41) is 0. The van der Waals surface area contributed by atoms with Gasteiger partial charge in [0.1, 0.15) is 11.5 Å². The molecule has 1 aliphatic heterocycles. The zero-order valence-electron chi connectivity index (χ0n) is 16.9. The molecule has 0 atom stereocenters. The largest absolute Gasteiger partial charge is 0.497 e. The van der Waals surface area contributed by atoms with Gasteiger partial charge in [-0.2, -0.15) is 0 Å². The second kappa shape index (κ2) is 8.97. The number of ether oxygens (including phenoxy) is 3. The van der Waals surface area contributed by atoms with Crippen LogP contribution in [-0.4, -0.2) is 37.3 Å². The normalized spacial score (nSPS) is 14.3. The zero-order valence-corrected chi connectivity index (χ0v) is 16.9. The average Bonchev–Trinajstić information content (AvgIpc) is 2.75. The molecule has 5 nitrogen and oxygen atoms in total. The summed E-state index contributed by atoms with van der Waals surface area (Å²) in [6.07, 6.45) is 2.79. The molecule has 0 aliphatic carbocycles. The Morgan fingerprint density at radius 1 is 1.00 bits per heavy atom. The number of hydrogen-bond acceptors (Lipinski definition) is 5. The van der Waals surface area contributed by atoms with Crippen LogP contribution in [0.15, 0.2) is 60.8 Å². The van der Waals surface area contributed by atoms with Crippen molar-refractivity contribution in [2.45, 2.75) is 19.5 Å². The van der Waals surface area contributed by atoms with E-state index in [1.54, 1.807) is 14.2 Å². The van der Waals surface area contributed by atoms with Crippen molar-refractivity contribution in [2.75, 3.05) is 27.4 Å². The van der Waals surface area contributed by atoms with Gasteiger partial charge >= 0.3 is 0 Å². The Bertz CT molecular complexity index is 937. The Morgan fingerprint density at radius 3 is 2.48 bits per heavy atom. The minimum atomic E-state index is 0.663. The molecular formula is C24H26N2O3. The second-order valence-corrected chi connectivity index (χ2v) is 7.14. The van der Waals surface area contributed by atoms with Crippen LogP contribution in [-0.2, 0) is 13.1 Å². The topological polar surface area (TPSA) is 43.8 Å². The fourth-order valence-corrected chi connectivity index (χ4v) is 3.75. The van der Waals surface area contributed by atoms with E-state index >= 15 is 0 Å². The van der Waals surface area contributed by atoms with Gasteiger partial charge in [-0.3, -0.25) is 4.90 Å².